The predicted molar refractivity (Wildman–Crippen MR) is 124 cm³/mol. The van der Waals surface area contributed by atoms with Crippen LogP contribution in [0.25, 0.3) is 5.52 Å². The molecule has 180 valence electrons. The van der Waals surface area contributed by atoms with E-state index >= 15 is 0 Å². The zero-order valence-corrected chi connectivity index (χ0v) is 19.5. The smallest absolute Gasteiger partial charge is 0.305 e. The number of rotatable bonds is 11. The number of amides is 1. The van der Waals surface area contributed by atoms with Gasteiger partial charge in [0.25, 0.3) is 11.7 Å². The third-order valence-corrected chi connectivity index (χ3v) is 6.31. The molecule has 0 aliphatic heterocycles. The number of ether oxygens (including phenoxy) is 2. The van der Waals surface area contributed by atoms with Gasteiger partial charge in [-0.2, -0.15) is 0 Å². The van der Waals surface area contributed by atoms with E-state index in [-0.39, 0.29) is 30.4 Å². The lowest BCUT2D eigenvalue weighted by Gasteiger charge is -2.22. The van der Waals surface area contributed by atoms with E-state index in [0.717, 1.165) is 30.5 Å². The maximum atomic E-state index is 12.8. The minimum absolute atomic E-state index is 0.0584. The summed E-state index contributed by atoms with van der Waals surface area (Å²) in [5.41, 5.74) is 7.63. The van der Waals surface area contributed by atoms with E-state index in [4.69, 9.17) is 15.2 Å². The fourth-order valence-corrected chi connectivity index (χ4v) is 4.82. The van der Waals surface area contributed by atoms with Crippen LogP contribution in [-0.4, -0.2) is 40.4 Å². The first-order valence-corrected chi connectivity index (χ1v) is 11.9. The van der Waals surface area contributed by atoms with Crippen molar-refractivity contribution in [2.75, 3.05) is 13.2 Å². The van der Waals surface area contributed by atoms with Gasteiger partial charge in [0.1, 0.15) is 5.75 Å². The molecule has 1 saturated carbocycles. The van der Waals surface area contributed by atoms with Gasteiger partial charge in [0.15, 0.2) is 5.88 Å². The molecular formula is C25H34N2O6. The van der Waals surface area contributed by atoms with Gasteiger partial charge in [-0.1, -0.05) is 39.0 Å². The maximum absolute atomic E-state index is 12.8. The van der Waals surface area contributed by atoms with Gasteiger partial charge in [-0.05, 0) is 37.7 Å². The van der Waals surface area contributed by atoms with E-state index in [9.17, 15) is 19.5 Å². The normalized spacial score (nSPS) is 14.4. The Morgan fingerprint density at radius 3 is 2.52 bits per heavy atom. The topological polar surface area (TPSA) is 120 Å². The SMILES string of the molecule is CCOC(=O)CCCOc1cc(O)n2c(CC3CCCCC3)c(CC)c(C(=O)C(N)=O)c2c1. The summed E-state index contributed by atoms with van der Waals surface area (Å²) in [6, 6.07) is 3.16. The summed E-state index contributed by atoms with van der Waals surface area (Å²) < 4.78 is 12.3. The largest absolute Gasteiger partial charge is 0.494 e. The van der Waals surface area contributed by atoms with Gasteiger partial charge in [-0.25, -0.2) is 0 Å². The van der Waals surface area contributed by atoms with Gasteiger partial charge in [0, 0.05) is 24.2 Å². The predicted octanol–water partition coefficient (Wildman–Crippen LogP) is 3.72. The molecule has 0 saturated heterocycles. The van der Waals surface area contributed by atoms with Crippen LogP contribution in [0.3, 0.4) is 0 Å². The van der Waals surface area contributed by atoms with Crippen LogP contribution in [0.1, 0.15) is 80.4 Å². The molecule has 3 rings (SSSR count). The van der Waals surface area contributed by atoms with Gasteiger partial charge in [0.05, 0.1) is 24.3 Å². The van der Waals surface area contributed by atoms with Gasteiger partial charge in [0.2, 0.25) is 0 Å². The molecule has 1 amide bonds. The van der Waals surface area contributed by atoms with Crippen LogP contribution in [0, 0.1) is 5.92 Å². The molecule has 2 heterocycles. The highest BCUT2D eigenvalue weighted by molar-refractivity contribution is 6.44. The van der Waals surface area contributed by atoms with Crippen LogP contribution < -0.4 is 10.5 Å². The average molecular weight is 459 g/mol. The van der Waals surface area contributed by atoms with Crippen LogP contribution in [-0.2, 0) is 27.2 Å². The second kappa shape index (κ2) is 11.2. The lowest BCUT2D eigenvalue weighted by atomic mass is 9.85. The van der Waals surface area contributed by atoms with E-state index in [1.807, 2.05) is 6.92 Å². The Hall–Kier alpha value is -3.03. The van der Waals surface area contributed by atoms with Crippen LogP contribution in [0.2, 0.25) is 0 Å². The third kappa shape index (κ3) is 5.67. The zero-order valence-electron chi connectivity index (χ0n) is 19.5. The minimum atomic E-state index is -1.03. The second-order valence-electron chi connectivity index (χ2n) is 8.58. The molecule has 1 fully saturated rings. The summed E-state index contributed by atoms with van der Waals surface area (Å²) >= 11 is 0. The highest BCUT2D eigenvalue weighted by Crippen LogP contribution is 2.36. The van der Waals surface area contributed by atoms with Crippen molar-refractivity contribution in [1.82, 2.24) is 4.40 Å². The molecular weight excluding hydrogens is 424 g/mol. The summed E-state index contributed by atoms with van der Waals surface area (Å²) in [6.45, 7) is 4.25. The lowest BCUT2D eigenvalue weighted by Crippen LogP contribution is -2.24. The molecule has 33 heavy (non-hydrogen) atoms. The summed E-state index contributed by atoms with van der Waals surface area (Å²) in [6.07, 6.45) is 7.75. The molecule has 8 nitrogen and oxygen atoms in total. The fourth-order valence-electron chi connectivity index (χ4n) is 4.82. The molecule has 1 aliphatic rings. The van der Waals surface area contributed by atoms with Crippen molar-refractivity contribution in [2.45, 2.75) is 71.6 Å². The number of hydrogen-bond donors (Lipinski definition) is 2. The first-order valence-electron chi connectivity index (χ1n) is 11.9. The van der Waals surface area contributed by atoms with E-state index in [0.29, 0.717) is 36.6 Å². The van der Waals surface area contributed by atoms with Crippen molar-refractivity contribution in [3.63, 3.8) is 0 Å². The molecule has 0 atom stereocenters. The number of Topliss-reactive ketones (excluding diaryl/α,β-unsaturated/α-hetero) is 1. The third-order valence-electron chi connectivity index (χ3n) is 6.31. The van der Waals surface area contributed by atoms with Crippen molar-refractivity contribution in [2.24, 2.45) is 11.7 Å². The molecule has 0 spiro atoms. The van der Waals surface area contributed by atoms with Gasteiger partial charge < -0.3 is 20.3 Å². The number of hydrogen-bond acceptors (Lipinski definition) is 6. The molecule has 2 aromatic rings. The lowest BCUT2D eigenvalue weighted by molar-refractivity contribution is -0.143. The van der Waals surface area contributed by atoms with E-state index < -0.39 is 11.7 Å². The van der Waals surface area contributed by atoms with Crippen LogP contribution >= 0.6 is 0 Å². The summed E-state index contributed by atoms with van der Waals surface area (Å²) in [4.78, 5) is 36.1. The Morgan fingerprint density at radius 1 is 1.15 bits per heavy atom. The Bertz CT molecular complexity index is 1020. The van der Waals surface area contributed by atoms with Crippen LogP contribution in [0.4, 0.5) is 0 Å². The molecule has 0 radical (unpaired) electrons. The van der Waals surface area contributed by atoms with Crippen molar-refractivity contribution < 1.29 is 29.0 Å². The molecule has 0 aromatic carbocycles. The standard InChI is InChI=1S/C25H34N2O6/c1-3-18-19(13-16-9-6-5-7-10-16)27-20(23(18)24(30)25(26)31)14-17(15-21(27)28)33-12-8-11-22(29)32-4-2/h14-16,28H,3-13H2,1-2H3,(H2,26,31). The van der Waals surface area contributed by atoms with Gasteiger partial charge >= 0.3 is 5.97 Å². The van der Waals surface area contributed by atoms with Crippen molar-refractivity contribution in [3.8, 4) is 11.6 Å². The maximum Gasteiger partial charge on any atom is 0.305 e. The molecule has 0 unspecified atom stereocenters. The highest BCUT2D eigenvalue weighted by atomic mass is 16.5. The first-order chi connectivity index (χ1) is 15.9. The monoisotopic (exact) mass is 458 g/mol. The fraction of sp³-hybridized carbons (Fsp3) is 0.560. The number of esters is 1. The van der Waals surface area contributed by atoms with Gasteiger partial charge in [-0.3, -0.25) is 18.8 Å². The van der Waals surface area contributed by atoms with E-state index in [1.165, 1.54) is 25.3 Å². The molecule has 0 bridgehead atoms. The molecule has 2 aromatic heterocycles. The Kier molecular flexibility index (Phi) is 8.36. The average Bonchev–Trinajstić information content (AvgIpc) is 3.10. The van der Waals surface area contributed by atoms with E-state index in [1.54, 1.807) is 17.4 Å². The minimum Gasteiger partial charge on any atom is -0.494 e. The summed E-state index contributed by atoms with van der Waals surface area (Å²) in [7, 11) is 0. The molecule has 1 aliphatic carbocycles. The van der Waals surface area contributed by atoms with Crippen molar-refractivity contribution in [3.05, 3.63) is 29.0 Å². The molecule has 3 N–H and O–H groups in total. The molecule has 8 heteroatoms. The number of nitrogens with zero attached hydrogens (tertiary/aromatic N) is 1. The number of aromatic nitrogens is 1. The van der Waals surface area contributed by atoms with Crippen molar-refractivity contribution >= 4 is 23.2 Å². The zero-order chi connectivity index (χ0) is 24.0. The van der Waals surface area contributed by atoms with Crippen LogP contribution in [0.5, 0.6) is 11.6 Å². The number of ketones is 1. The number of primary amides is 1. The number of aromatic hydroxyl groups is 1. The van der Waals surface area contributed by atoms with Crippen LogP contribution in [0.15, 0.2) is 12.1 Å². The Balaban J connectivity index is 1.96. The number of carbonyl (C=O) groups is 3. The quantitative estimate of drug-likeness (QED) is 0.229. The van der Waals surface area contributed by atoms with Gasteiger partial charge in [-0.15, -0.1) is 0 Å². The number of fused-ring (bicyclic) bond motifs is 1. The van der Waals surface area contributed by atoms with E-state index in [2.05, 4.69) is 0 Å². The van der Waals surface area contributed by atoms with Crippen molar-refractivity contribution in [1.29, 1.82) is 0 Å². The Morgan fingerprint density at radius 2 is 1.88 bits per heavy atom. The number of nitrogens with two attached hydrogens (primary N) is 1. The second-order valence-corrected chi connectivity index (χ2v) is 8.58. The summed E-state index contributed by atoms with van der Waals surface area (Å²) in [5, 5.41) is 10.9. The Labute approximate surface area is 194 Å². The highest BCUT2D eigenvalue weighted by Gasteiger charge is 2.28. The number of carbonyl (C=O) groups excluding carboxylic acids is 3. The summed E-state index contributed by atoms with van der Waals surface area (Å²) in [5.74, 6) is -1.32. The first kappa shape index (κ1) is 24.6. The number of pyridine rings is 1.